The van der Waals surface area contributed by atoms with E-state index in [0.717, 1.165) is 36.2 Å². The molecule has 1 amide bonds. The molecule has 126 valence electrons. The second-order valence-electron chi connectivity index (χ2n) is 6.20. The van der Waals surface area contributed by atoms with Gasteiger partial charge in [0.05, 0.1) is 0 Å². The quantitative estimate of drug-likeness (QED) is 0.806. The first-order valence-corrected chi connectivity index (χ1v) is 8.91. The van der Waals surface area contributed by atoms with Crippen molar-refractivity contribution in [2.75, 3.05) is 50.1 Å². The lowest BCUT2D eigenvalue weighted by molar-refractivity contribution is 0.0746. The molecule has 0 atom stereocenters. The van der Waals surface area contributed by atoms with Gasteiger partial charge in [-0.1, -0.05) is 22.0 Å². The topological polar surface area (TPSA) is 26.8 Å². The van der Waals surface area contributed by atoms with Gasteiger partial charge in [0.15, 0.2) is 0 Å². The van der Waals surface area contributed by atoms with Crippen LogP contribution in [-0.2, 0) is 0 Å². The number of halogens is 1. The van der Waals surface area contributed by atoms with Gasteiger partial charge in [-0.15, -0.1) is 0 Å². The lowest BCUT2D eigenvalue weighted by Crippen LogP contribution is -2.48. The number of carbonyl (C=O) groups is 1. The Morgan fingerprint density at radius 3 is 2.25 bits per heavy atom. The summed E-state index contributed by atoms with van der Waals surface area (Å²) in [6, 6.07) is 16.2. The number of nitrogens with zero attached hydrogens (tertiary/aromatic N) is 3. The highest BCUT2D eigenvalue weighted by molar-refractivity contribution is 9.10. The molecule has 3 rings (SSSR count). The van der Waals surface area contributed by atoms with Crippen molar-refractivity contribution in [3.63, 3.8) is 0 Å². The summed E-state index contributed by atoms with van der Waals surface area (Å²) in [6.07, 6.45) is 0. The van der Waals surface area contributed by atoms with Gasteiger partial charge in [-0.3, -0.25) is 4.79 Å². The third-order valence-electron chi connectivity index (χ3n) is 4.37. The Hall–Kier alpha value is -2.01. The van der Waals surface area contributed by atoms with Crippen LogP contribution in [0.25, 0.3) is 0 Å². The smallest absolute Gasteiger partial charge is 0.254 e. The molecule has 0 aromatic heterocycles. The van der Waals surface area contributed by atoms with Crippen molar-refractivity contribution in [2.45, 2.75) is 0 Å². The fourth-order valence-corrected chi connectivity index (χ4v) is 3.33. The molecule has 24 heavy (non-hydrogen) atoms. The van der Waals surface area contributed by atoms with E-state index in [1.807, 2.05) is 43.3 Å². The van der Waals surface area contributed by atoms with Crippen molar-refractivity contribution >= 4 is 33.2 Å². The lowest BCUT2D eigenvalue weighted by Gasteiger charge is -2.36. The van der Waals surface area contributed by atoms with E-state index in [1.54, 1.807) is 0 Å². The molecule has 1 aliphatic heterocycles. The Morgan fingerprint density at radius 1 is 1.00 bits per heavy atom. The van der Waals surface area contributed by atoms with Crippen LogP contribution >= 0.6 is 15.9 Å². The van der Waals surface area contributed by atoms with Crippen LogP contribution in [0.3, 0.4) is 0 Å². The van der Waals surface area contributed by atoms with E-state index in [0.29, 0.717) is 0 Å². The zero-order valence-corrected chi connectivity index (χ0v) is 15.7. The van der Waals surface area contributed by atoms with E-state index in [4.69, 9.17) is 0 Å². The number of hydrogen-bond acceptors (Lipinski definition) is 3. The summed E-state index contributed by atoms with van der Waals surface area (Å²) in [5.41, 5.74) is 3.16. The summed E-state index contributed by atoms with van der Waals surface area (Å²) in [4.78, 5) is 19.0. The largest absolute Gasteiger partial charge is 0.378 e. The minimum Gasteiger partial charge on any atom is -0.378 e. The predicted molar refractivity (Wildman–Crippen MR) is 103 cm³/mol. The first-order valence-electron chi connectivity index (χ1n) is 8.12. The van der Waals surface area contributed by atoms with E-state index in [-0.39, 0.29) is 5.91 Å². The van der Waals surface area contributed by atoms with Gasteiger partial charge in [-0.2, -0.15) is 0 Å². The van der Waals surface area contributed by atoms with E-state index in [2.05, 4.69) is 50.0 Å². The van der Waals surface area contributed by atoms with Gasteiger partial charge in [-0.25, -0.2) is 0 Å². The zero-order chi connectivity index (χ0) is 17.1. The molecule has 2 aromatic carbocycles. The Morgan fingerprint density at radius 2 is 1.67 bits per heavy atom. The van der Waals surface area contributed by atoms with Crippen molar-refractivity contribution < 1.29 is 4.79 Å². The summed E-state index contributed by atoms with van der Waals surface area (Å²) >= 11 is 3.43. The fourth-order valence-electron chi connectivity index (χ4n) is 2.93. The highest BCUT2D eigenvalue weighted by Crippen LogP contribution is 2.21. The number of rotatable bonds is 3. The van der Waals surface area contributed by atoms with E-state index in [1.165, 1.54) is 11.4 Å². The first kappa shape index (κ1) is 16.8. The molecular weight excluding hydrogens is 366 g/mol. The van der Waals surface area contributed by atoms with Crippen LogP contribution in [0.2, 0.25) is 0 Å². The highest BCUT2D eigenvalue weighted by atomic mass is 79.9. The van der Waals surface area contributed by atoms with Crippen molar-refractivity contribution in [2.24, 2.45) is 0 Å². The van der Waals surface area contributed by atoms with Gasteiger partial charge in [-0.05, 0) is 42.5 Å². The Balaban J connectivity index is 1.62. The Kier molecular flexibility index (Phi) is 5.09. The minimum atomic E-state index is 0.110. The molecule has 0 spiro atoms. The van der Waals surface area contributed by atoms with Gasteiger partial charge < -0.3 is 14.7 Å². The average Bonchev–Trinajstić information content (AvgIpc) is 2.61. The molecule has 4 nitrogen and oxygen atoms in total. The second-order valence-corrected chi connectivity index (χ2v) is 7.12. The van der Waals surface area contributed by atoms with Gasteiger partial charge in [0.1, 0.15) is 0 Å². The summed E-state index contributed by atoms with van der Waals surface area (Å²) in [5.74, 6) is 0.110. The molecule has 0 N–H and O–H groups in total. The van der Waals surface area contributed by atoms with Crippen LogP contribution in [0.5, 0.6) is 0 Å². The fraction of sp³-hybridized carbons (Fsp3) is 0.316. The number of benzene rings is 2. The molecule has 1 heterocycles. The standard InChI is InChI=1S/C19H22BrN3O/c1-21(2)17-6-8-18(9-7-17)22-10-12-23(13-11-22)19(24)15-4-3-5-16(20)14-15/h3-9,14H,10-13H2,1-2H3. The molecule has 0 aliphatic carbocycles. The minimum absolute atomic E-state index is 0.110. The summed E-state index contributed by atoms with van der Waals surface area (Å²) in [7, 11) is 4.09. The number of hydrogen-bond donors (Lipinski definition) is 0. The van der Waals surface area contributed by atoms with Crippen molar-refractivity contribution in [3.8, 4) is 0 Å². The third-order valence-corrected chi connectivity index (χ3v) is 4.86. The molecule has 0 bridgehead atoms. The molecule has 0 unspecified atom stereocenters. The molecule has 1 fully saturated rings. The second kappa shape index (κ2) is 7.26. The van der Waals surface area contributed by atoms with E-state index < -0.39 is 0 Å². The SMILES string of the molecule is CN(C)c1ccc(N2CCN(C(=O)c3cccc(Br)c3)CC2)cc1. The molecular formula is C19H22BrN3O. The number of piperazine rings is 1. The zero-order valence-electron chi connectivity index (χ0n) is 14.1. The van der Waals surface area contributed by atoms with Crippen LogP contribution in [0, 0.1) is 0 Å². The number of carbonyl (C=O) groups excluding carboxylic acids is 1. The molecule has 1 saturated heterocycles. The monoisotopic (exact) mass is 387 g/mol. The number of amides is 1. The van der Waals surface area contributed by atoms with Crippen LogP contribution < -0.4 is 9.80 Å². The van der Waals surface area contributed by atoms with Crippen molar-refractivity contribution in [1.29, 1.82) is 0 Å². The Bertz CT molecular complexity index is 707. The molecule has 0 saturated carbocycles. The van der Waals surface area contributed by atoms with Crippen molar-refractivity contribution in [3.05, 3.63) is 58.6 Å². The van der Waals surface area contributed by atoms with Crippen LogP contribution in [0.1, 0.15) is 10.4 Å². The number of anilines is 2. The summed E-state index contributed by atoms with van der Waals surface area (Å²) in [5, 5.41) is 0. The maximum Gasteiger partial charge on any atom is 0.254 e. The molecule has 5 heteroatoms. The van der Waals surface area contributed by atoms with Crippen molar-refractivity contribution in [1.82, 2.24) is 4.90 Å². The van der Waals surface area contributed by atoms with E-state index in [9.17, 15) is 4.79 Å². The summed E-state index contributed by atoms with van der Waals surface area (Å²) < 4.78 is 0.938. The van der Waals surface area contributed by atoms with Gasteiger partial charge in [0.2, 0.25) is 0 Å². The van der Waals surface area contributed by atoms with Gasteiger partial charge in [0.25, 0.3) is 5.91 Å². The van der Waals surface area contributed by atoms with Crippen LogP contribution in [-0.4, -0.2) is 51.1 Å². The maximum absolute atomic E-state index is 12.6. The van der Waals surface area contributed by atoms with Crippen LogP contribution in [0.15, 0.2) is 53.0 Å². The van der Waals surface area contributed by atoms with Crippen LogP contribution in [0.4, 0.5) is 11.4 Å². The maximum atomic E-state index is 12.6. The highest BCUT2D eigenvalue weighted by Gasteiger charge is 2.22. The summed E-state index contributed by atoms with van der Waals surface area (Å²) in [6.45, 7) is 3.23. The van der Waals surface area contributed by atoms with Gasteiger partial charge in [0, 0.05) is 61.7 Å². The van der Waals surface area contributed by atoms with Gasteiger partial charge >= 0.3 is 0 Å². The predicted octanol–water partition coefficient (Wildman–Crippen LogP) is 3.48. The molecule has 2 aromatic rings. The van der Waals surface area contributed by atoms with E-state index >= 15 is 0 Å². The molecule has 1 aliphatic rings. The lowest BCUT2D eigenvalue weighted by atomic mass is 10.1. The Labute approximate surface area is 151 Å². The third kappa shape index (κ3) is 3.73. The average molecular weight is 388 g/mol. The normalized spacial score (nSPS) is 14.6. The molecule has 0 radical (unpaired) electrons. The first-order chi connectivity index (χ1) is 11.5.